The molecule has 2 aromatic heterocycles. The Morgan fingerprint density at radius 2 is 1.97 bits per heavy atom. The summed E-state index contributed by atoms with van der Waals surface area (Å²) < 4.78 is 14.8. The van der Waals surface area contributed by atoms with E-state index in [0.29, 0.717) is 30.2 Å². The second-order valence-electron chi connectivity index (χ2n) is 7.71. The van der Waals surface area contributed by atoms with Gasteiger partial charge in [0.2, 0.25) is 0 Å². The molecule has 33 heavy (non-hydrogen) atoms. The molecule has 0 saturated heterocycles. The van der Waals surface area contributed by atoms with Gasteiger partial charge >= 0.3 is 6.03 Å². The van der Waals surface area contributed by atoms with Crippen molar-refractivity contribution in [3.05, 3.63) is 71.6 Å². The summed E-state index contributed by atoms with van der Waals surface area (Å²) in [4.78, 5) is 18.7. The van der Waals surface area contributed by atoms with E-state index in [4.69, 9.17) is 16.6 Å². The minimum absolute atomic E-state index is 0.253. The first-order chi connectivity index (χ1) is 15.9. The van der Waals surface area contributed by atoms with E-state index in [1.807, 2.05) is 38.2 Å². The third-order valence-corrected chi connectivity index (χ3v) is 5.55. The van der Waals surface area contributed by atoms with Crippen molar-refractivity contribution >= 4 is 48.1 Å². The van der Waals surface area contributed by atoms with Crippen LogP contribution in [-0.2, 0) is 0 Å². The summed E-state index contributed by atoms with van der Waals surface area (Å²) in [7, 11) is 3.68. The Hall–Kier alpha value is -3.59. The normalized spacial score (nSPS) is 10.9. The molecule has 0 unspecified atom stereocenters. The summed E-state index contributed by atoms with van der Waals surface area (Å²) in [5, 5.41) is 11.2. The van der Waals surface area contributed by atoms with Gasteiger partial charge < -0.3 is 15.5 Å². The molecule has 168 valence electrons. The average molecular weight is 465 g/mol. The van der Waals surface area contributed by atoms with E-state index in [-0.39, 0.29) is 11.8 Å². The first kappa shape index (κ1) is 22.6. The maximum Gasteiger partial charge on any atom is 0.321 e. The number of hydrogen-bond donors (Lipinski definition) is 2. The smallest absolute Gasteiger partial charge is 0.321 e. The van der Waals surface area contributed by atoms with E-state index in [1.165, 1.54) is 24.3 Å². The standard InChI is InChI=1S/C23H23BClFN6O/c1-31(23(33)29-16-9-7-15(26)8-10-16)12-4-11-27-21-13-20(17-5-2-3-6-19(17)25)30-22-18(24)14-28-32(21)22/h2-3,5-10,13-14,27H,4,11-12,24H2,1H3,(H,29,33). The number of carbonyl (C=O) groups is 1. The number of anilines is 2. The molecule has 2 aromatic carbocycles. The second kappa shape index (κ2) is 9.91. The predicted octanol–water partition coefficient (Wildman–Crippen LogP) is 3.41. The number of halogens is 2. The Bertz CT molecular complexity index is 1280. The second-order valence-corrected chi connectivity index (χ2v) is 8.12. The lowest BCUT2D eigenvalue weighted by Gasteiger charge is -2.18. The molecule has 4 rings (SSSR count). The minimum atomic E-state index is -0.345. The molecule has 0 radical (unpaired) electrons. The highest BCUT2D eigenvalue weighted by Gasteiger charge is 2.13. The number of fused-ring (bicyclic) bond motifs is 1. The zero-order valence-electron chi connectivity index (χ0n) is 18.3. The van der Waals surface area contributed by atoms with Gasteiger partial charge in [0.15, 0.2) is 5.65 Å². The first-order valence-corrected chi connectivity index (χ1v) is 10.9. The highest BCUT2D eigenvalue weighted by atomic mass is 35.5. The number of carbonyl (C=O) groups excluding carboxylic acids is 1. The van der Waals surface area contributed by atoms with Gasteiger partial charge in [-0.15, -0.1) is 0 Å². The Kier molecular flexibility index (Phi) is 6.79. The monoisotopic (exact) mass is 464 g/mol. The zero-order chi connectivity index (χ0) is 23.4. The van der Waals surface area contributed by atoms with E-state index in [2.05, 4.69) is 15.7 Å². The molecule has 0 saturated carbocycles. The van der Waals surface area contributed by atoms with Gasteiger partial charge in [0.25, 0.3) is 0 Å². The molecular formula is C23H23BClFN6O. The molecule has 0 aliphatic heterocycles. The number of benzene rings is 2. The molecule has 10 heteroatoms. The number of hydrogen-bond acceptors (Lipinski definition) is 4. The van der Waals surface area contributed by atoms with Crippen LogP contribution >= 0.6 is 11.6 Å². The number of amides is 2. The van der Waals surface area contributed by atoms with Gasteiger partial charge in [0.05, 0.1) is 5.69 Å². The lowest BCUT2D eigenvalue weighted by atomic mass is 10.0. The lowest BCUT2D eigenvalue weighted by molar-refractivity contribution is 0.222. The van der Waals surface area contributed by atoms with Crippen molar-refractivity contribution in [3.63, 3.8) is 0 Å². The van der Waals surface area contributed by atoms with Crippen LogP contribution in [0, 0.1) is 5.82 Å². The van der Waals surface area contributed by atoms with Gasteiger partial charge in [-0.05, 0) is 42.2 Å². The SMILES string of the molecule is Bc1cnn2c(NCCCN(C)C(=O)Nc3ccc(F)cc3)cc(-c3ccccc3Cl)nc12. The van der Waals surface area contributed by atoms with Crippen molar-refractivity contribution in [2.24, 2.45) is 0 Å². The Morgan fingerprint density at radius 3 is 2.73 bits per heavy atom. The van der Waals surface area contributed by atoms with Gasteiger partial charge in [0, 0.05) is 48.7 Å². The van der Waals surface area contributed by atoms with Gasteiger partial charge in [-0.1, -0.05) is 29.8 Å². The summed E-state index contributed by atoms with van der Waals surface area (Å²) in [6.07, 6.45) is 2.48. The van der Waals surface area contributed by atoms with Crippen LogP contribution in [-0.4, -0.2) is 53.5 Å². The zero-order valence-corrected chi connectivity index (χ0v) is 19.1. The first-order valence-electron chi connectivity index (χ1n) is 10.5. The van der Waals surface area contributed by atoms with Crippen molar-refractivity contribution < 1.29 is 9.18 Å². The number of nitrogens with zero attached hydrogens (tertiary/aromatic N) is 4. The predicted molar refractivity (Wildman–Crippen MR) is 133 cm³/mol. The number of rotatable bonds is 7. The molecule has 0 aliphatic carbocycles. The Balaban J connectivity index is 1.40. The van der Waals surface area contributed by atoms with Crippen molar-refractivity contribution in [3.8, 4) is 11.3 Å². The highest BCUT2D eigenvalue weighted by molar-refractivity contribution is 6.36. The molecule has 4 aromatic rings. The van der Waals surface area contributed by atoms with E-state index in [1.54, 1.807) is 22.7 Å². The Morgan fingerprint density at radius 1 is 1.21 bits per heavy atom. The van der Waals surface area contributed by atoms with Crippen molar-refractivity contribution in [2.75, 3.05) is 30.8 Å². The van der Waals surface area contributed by atoms with Crippen LogP contribution in [0.1, 0.15) is 6.42 Å². The summed E-state index contributed by atoms with van der Waals surface area (Å²) in [5.41, 5.74) is 3.87. The molecule has 2 heterocycles. The van der Waals surface area contributed by atoms with E-state index in [9.17, 15) is 9.18 Å². The summed E-state index contributed by atoms with van der Waals surface area (Å²) in [5.74, 6) is 0.448. The fraction of sp³-hybridized carbons (Fsp3) is 0.174. The van der Waals surface area contributed by atoms with Crippen LogP contribution in [0.5, 0.6) is 0 Å². The third kappa shape index (κ3) is 5.26. The molecule has 2 amide bonds. The van der Waals surface area contributed by atoms with Crippen LogP contribution in [0.15, 0.2) is 60.8 Å². The number of nitrogens with one attached hydrogen (secondary N) is 2. The van der Waals surface area contributed by atoms with Gasteiger partial charge in [-0.2, -0.15) is 9.61 Å². The van der Waals surface area contributed by atoms with E-state index < -0.39 is 0 Å². The molecule has 7 nitrogen and oxygen atoms in total. The van der Waals surface area contributed by atoms with Crippen molar-refractivity contribution in [2.45, 2.75) is 6.42 Å². The molecule has 0 spiro atoms. The van der Waals surface area contributed by atoms with Crippen LogP contribution in [0.2, 0.25) is 5.02 Å². The fourth-order valence-corrected chi connectivity index (χ4v) is 3.62. The minimum Gasteiger partial charge on any atom is -0.370 e. The largest absolute Gasteiger partial charge is 0.370 e. The molecular weight excluding hydrogens is 442 g/mol. The number of aromatic nitrogens is 3. The molecule has 0 aliphatic rings. The quantitative estimate of drug-likeness (QED) is 0.325. The lowest BCUT2D eigenvalue weighted by Crippen LogP contribution is -2.33. The van der Waals surface area contributed by atoms with E-state index >= 15 is 0 Å². The molecule has 0 fully saturated rings. The van der Waals surface area contributed by atoms with Crippen LogP contribution in [0.4, 0.5) is 20.7 Å². The fourth-order valence-electron chi connectivity index (χ4n) is 3.39. The van der Waals surface area contributed by atoms with Gasteiger partial charge in [-0.3, -0.25) is 0 Å². The summed E-state index contributed by atoms with van der Waals surface area (Å²) >= 11 is 6.39. The topological polar surface area (TPSA) is 74.6 Å². The van der Waals surface area contributed by atoms with Crippen molar-refractivity contribution in [1.29, 1.82) is 0 Å². The third-order valence-electron chi connectivity index (χ3n) is 5.22. The van der Waals surface area contributed by atoms with Crippen LogP contribution in [0.25, 0.3) is 16.9 Å². The molecule has 0 atom stereocenters. The van der Waals surface area contributed by atoms with Gasteiger partial charge in [0.1, 0.15) is 19.5 Å². The van der Waals surface area contributed by atoms with Crippen LogP contribution in [0.3, 0.4) is 0 Å². The molecule has 0 bridgehead atoms. The maximum absolute atomic E-state index is 13.0. The summed E-state index contributed by atoms with van der Waals surface area (Å²) in [6, 6.07) is 14.9. The number of urea groups is 1. The molecule has 2 N–H and O–H groups in total. The highest BCUT2D eigenvalue weighted by Crippen LogP contribution is 2.28. The van der Waals surface area contributed by atoms with Gasteiger partial charge in [-0.25, -0.2) is 14.2 Å². The Labute approximate surface area is 197 Å². The average Bonchev–Trinajstić information content (AvgIpc) is 3.19. The van der Waals surface area contributed by atoms with E-state index in [0.717, 1.165) is 28.2 Å². The van der Waals surface area contributed by atoms with Crippen LogP contribution < -0.4 is 16.1 Å². The summed E-state index contributed by atoms with van der Waals surface area (Å²) in [6.45, 7) is 1.15. The maximum atomic E-state index is 13.0. The van der Waals surface area contributed by atoms with Crippen molar-refractivity contribution in [1.82, 2.24) is 19.5 Å².